The Labute approximate surface area is 127 Å². The minimum absolute atomic E-state index is 0.409. The molecule has 0 amide bonds. The normalized spacial score (nSPS) is 24.2. The summed E-state index contributed by atoms with van der Waals surface area (Å²) in [6.45, 7) is 5.87. The maximum Gasteiger partial charge on any atom is 0.0453 e. The van der Waals surface area contributed by atoms with E-state index in [0.29, 0.717) is 12.1 Å². The lowest BCUT2D eigenvalue weighted by atomic mass is 10.0. The number of nitrogens with one attached hydrogen (secondary N) is 1. The summed E-state index contributed by atoms with van der Waals surface area (Å²) in [7, 11) is 0. The van der Waals surface area contributed by atoms with Crippen molar-refractivity contribution < 1.29 is 0 Å². The number of benzene rings is 1. The van der Waals surface area contributed by atoms with E-state index < -0.39 is 0 Å². The molecule has 2 aliphatic rings. The van der Waals surface area contributed by atoms with E-state index in [1.54, 1.807) is 0 Å². The van der Waals surface area contributed by atoms with E-state index in [0.717, 1.165) is 17.5 Å². The first-order valence-corrected chi connectivity index (χ1v) is 8.33. The van der Waals surface area contributed by atoms with E-state index >= 15 is 0 Å². The molecule has 0 spiro atoms. The van der Waals surface area contributed by atoms with Crippen molar-refractivity contribution in [3.8, 4) is 0 Å². The molecule has 110 valence electrons. The molecule has 2 atom stereocenters. The third-order valence-corrected chi connectivity index (χ3v) is 5.05. The van der Waals surface area contributed by atoms with Crippen LogP contribution in [-0.4, -0.2) is 30.6 Å². The largest absolute Gasteiger partial charge is 0.313 e. The molecule has 1 aliphatic carbocycles. The maximum absolute atomic E-state index is 6.39. The van der Waals surface area contributed by atoms with Gasteiger partial charge in [0, 0.05) is 30.2 Å². The summed E-state index contributed by atoms with van der Waals surface area (Å²) in [6.07, 6.45) is 5.45. The Kier molecular flexibility index (Phi) is 4.65. The van der Waals surface area contributed by atoms with Crippen LogP contribution in [0.4, 0.5) is 0 Å². The molecule has 2 nitrogen and oxygen atoms in total. The topological polar surface area (TPSA) is 15.3 Å². The fourth-order valence-corrected chi connectivity index (χ4v) is 3.52. The van der Waals surface area contributed by atoms with Crippen molar-refractivity contribution in [3.63, 3.8) is 0 Å². The van der Waals surface area contributed by atoms with E-state index in [1.807, 2.05) is 12.1 Å². The third kappa shape index (κ3) is 3.55. The number of halogens is 1. The van der Waals surface area contributed by atoms with Gasteiger partial charge in [-0.2, -0.15) is 0 Å². The van der Waals surface area contributed by atoms with Crippen molar-refractivity contribution in [2.45, 2.75) is 44.7 Å². The SMILES string of the molecule is CC(c1ccccc1Cl)N(CC1CC1)CC1CCCN1. The monoisotopic (exact) mass is 292 g/mol. The molecule has 0 aromatic heterocycles. The predicted octanol–water partition coefficient (Wildman–Crippen LogP) is 3.87. The highest BCUT2D eigenvalue weighted by Crippen LogP contribution is 2.34. The van der Waals surface area contributed by atoms with Crippen molar-refractivity contribution in [2.24, 2.45) is 5.92 Å². The Balaban J connectivity index is 1.71. The van der Waals surface area contributed by atoms with Crippen molar-refractivity contribution in [1.29, 1.82) is 0 Å². The maximum atomic E-state index is 6.39. The van der Waals surface area contributed by atoms with E-state index in [2.05, 4.69) is 29.3 Å². The summed E-state index contributed by atoms with van der Waals surface area (Å²) in [5, 5.41) is 4.53. The molecule has 1 saturated heterocycles. The van der Waals surface area contributed by atoms with Gasteiger partial charge in [-0.3, -0.25) is 4.90 Å². The van der Waals surface area contributed by atoms with E-state index in [1.165, 1.54) is 44.3 Å². The van der Waals surface area contributed by atoms with E-state index in [9.17, 15) is 0 Å². The Morgan fingerprint density at radius 1 is 1.25 bits per heavy atom. The molecule has 0 radical (unpaired) electrons. The summed E-state index contributed by atoms with van der Waals surface area (Å²) < 4.78 is 0. The first-order valence-electron chi connectivity index (χ1n) is 7.96. The molecule has 1 N–H and O–H groups in total. The second-order valence-corrected chi connectivity index (χ2v) is 6.80. The predicted molar refractivity (Wildman–Crippen MR) is 85.2 cm³/mol. The van der Waals surface area contributed by atoms with Gasteiger partial charge in [-0.15, -0.1) is 0 Å². The van der Waals surface area contributed by atoms with Gasteiger partial charge in [-0.25, -0.2) is 0 Å². The van der Waals surface area contributed by atoms with Crippen LogP contribution in [0.3, 0.4) is 0 Å². The first kappa shape index (κ1) is 14.4. The van der Waals surface area contributed by atoms with Crippen LogP contribution in [-0.2, 0) is 0 Å². The van der Waals surface area contributed by atoms with Gasteiger partial charge in [0.25, 0.3) is 0 Å². The van der Waals surface area contributed by atoms with E-state index in [-0.39, 0.29) is 0 Å². The molecule has 3 rings (SSSR count). The highest BCUT2D eigenvalue weighted by Gasteiger charge is 2.29. The van der Waals surface area contributed by atoms with Gasteiger partial charge in [-0.1, -0.05) is 29.8 Å². The molecule has 2 fully saturated rings. The Morgan fingerprint density at radius 2 is 2.05 bits per heavy atom. The highest BCUT2D eigenvalue weighted by atomic mass is 35.5. The summed E-state index contributed by atoms with van der Waals surface area (Å²) in [5.41, 5.74) is 1.27. The van der Waals surface area contributed by atoms with Crippen LogP contribution >= 0.6 is 11.6 Å². The van der Waals surface area contributed by atoms with Gasteiger partial charge in [0.05, 0.1) is 0 Å². The standard InChI is InChI=1S/C17H25ClN2/c1-13(16-6-2-3-7-17(16)18)20(11-14-8-9-14)12-15-5-4-10-19-15/h2-3,6-7,13-15,19H,4-5,8-12H2,1H3. The van der Waals surface area contributed by atoms with Crippen LogP contribution < -0.4 is 5.32 Å². The molecule has 2 unspecified atom stereocenters. The number of hydrogen-bond donors (Lipinski definition) is 1. The van der Waals surface area contributed by atoms with Crippen molar-refractivity contribution in [3.05, 3.63) is 34.9 Å². The molecule has 1 aromatic carbocycles. The van der Waals surface area contributed by atoms with Crippen molar-refractivity contribution >= 4 is 11.6 Å². The van der Waals surface area contributed by atoms with Gasteiger partial charge in [-0.05, 0) is 56.7 Å². The van der Waals surface area contributed by atoms with Crippen LogP contribution in [0.2, 0.25) is 5.02 Å². The van der Waals surface area contributed by atoms with Crippen molar-refractivity contribution in [1.82, 2.24) is 10.2 Å². The van der Waals surface area contributed by atoms with Crippen LogP contribution in [0.5, 0.6) is 0 Å². The second kappa shape index (κ2) is 6.46. The lowest BCUT2D eigenvalue weighted by Gasteiger charge is -2.32. The summed E-state index contributed by atoms with van der Waals surface area (Å²) in [5.74, 6) is 0.918. The fraction of sp³-hybridized carbons (Fsp3) is 0.647. The van der Waals surface area contributed by atoms with Crippen LogP contribution in [0.15, 0.2) is 24.3 Å². The second-order valence-electron chi connectivity index (χ2n) is 6.39. The number of hydrogen-bond acceptors (Lipinski definition) is 2. The zero-order valence-corrected chi connectivity index (χ0v) is 13.1. The summed E-state index contributed by atoms with van der Waals surface area (Å²) in [6, 6.07) is 9.37. The number of nitrogens with zero attached hydrogens (tertiary/aromatic N) is 1. The zero-order chi connectivity index (χ0) is 13.9. The molecule has 20 heavy (non-hydrogen) atoms. The van der Waals surface area contributed by atoms with Gasteiger partial charge >= 0.3 is 0 Å². The Hall–Kier alpha value is -0.570. The van der Waals surface area contributed by atoms with Crippen LogP contribution in [0.25, 0.3) is 0 Å². The lowest BCUT2D eigenvalue weighted by Crippen LogP contribution is -2.40. The van der Waals surface area contributed by atoms with Gasteiger partial charge in [0.15, 0.2) is 0 Å². The first-order chi connectivity index (χ1) is 9.74. The molecular weight excluding hydrogens is 268 g/mol. The molecule has 1 saturated carbocycles. The molecule has 3 heteroatoms. The zero-order valence-electron chi connectivity index (χ0n) is 12.3. The van der Waals surface area contributed by atoms with Gasteiger partial charge in [0.1, 0.15) is 0 Å². The fourth-order valence-electron chi connectivity index (χ4n) is 3.23. The molecule has 1 aliphatic heterocycles. The highest BCUT2D eigenvalue weighted by molar-refractivity contribution is 6.31. The average Bonchev–Trinajstić information content (AvgIpc) is 3.11. The molecule has 1 aromatic rings. The van der Waals surface area contributed by atoms with Gasteiger partial charge in [0.2, 0.25) is 0 Å². The minimum atomic E-state index is 0.409. The summed E-state index contributed by atoms with van der Waals surface area (Å²) >= 11 is 6.39. The summed E-state index contributed by atoms with van der Waals surface area (Å²) in [4.78, 5) is 2.64. The Bertz CT molecular complexity index is 438. The minimum Gasteiger partial charge on any atom is -0.313 e. The third-order valence-electron chi connectivity index (χ3n) is 4.71. The smallest absolute Gasteiger partial charge is 0.0453 e. The van der Waals surface area contributed by atoms with Crippen LogP contribution in [0.1, 0.15) is 44.2 Å². The van der Waals surface area contributed by atoms with E-state index in [4.69, 9.17) is 11.6 Å². The Morgan fingerprint density at radius 3 is 2.70 bits per heavy atom. The molecular formula is C17H25ClN2. The average molecular weight is 293 g/mol. The van der Waals surface area contributed by atoms with Crippen molar-refractivity contribution in [2.75, 3.05) is 19.6 Å². The number of rotatable bonds is 6. The molecule has 0 bridgehead atoms. The quantitative estimate of drug-likeness (QED) is 0.856. The lowest BCUT2D eigenvalue weighted by molar-refractivity contribution is 0.184. The molecule has 1 heterocycles. The van der Waals surface area contributed by atoms with Gasteiger partial charge < -0.3 is 5.32 Å². The van der Waals surface area contributed by atoms with Crippen LogP contribution in [0, 0.1) is 5.92 Å².